The lowest BCUT2D eigenvalue weighted by molar-refractivity contribution is -0.00258. The van der Waals surface area contributed by atoms with Gasteiger partial charge in [-0.2, -0.15) is 4.31 Å². The number of morpholine rings is 1. The van der Waals surface area contributed by atoms with Gasteiger partial charge in [-0.15, -0.1) is 0 Å². The molecule has 2 aromatic rings. The molecule has 0 amide bonds. The minimum absolute atomic E-state index is 0.00504. The fourth-order valence-corrected chi connectivity index (χ4v) is 5.06. The Balaban J connectivity index is 1.66. The van der Waals surface area contributed by atoms with E-state index in [2.05, 4.69) is 0 Å². The van der Waals surface area contributed by atoms with E-state index in [1.807, 2.05) is 0 Å². The molecular formula is C20H24FNO6S2. The Kier molecular flexibility index (Phi) is 7.12. The van der Waals surface area contributed by atoms with Gasteiger partial charge in [0.1, 0.15) is 18.2 Å². The van der Waals surface area contributed by atoms with Crippen molar-refractivity contribution in [3.8, 4) is 5.75 Å². The van der Waals surface area contributed by atoms with E-state index in [9.17, 15) is 21.2 Å². The normalized spacial score (nSPS) is 18.3. The average molecular weight is 458 g/mol. The number of benzene rings is 2. The van der Waals surface area contributed by atoms with Gasteiger partial charge in [0.2, 0.25) is 10.0 Å². The van der Waals surface area contributed by atoms with Crippen molar-refractivity contribution in [2.45, 2.75) is 17.9 Å². The first-order valence-electron chi connectivity index (χ1n) is 9.52. The van der Waals surface area contributed by atoms with Crippen molar-refractivity contribution in [1.29, 1.82) is 0 Å². The molecule has 1 fully saturated rings. The first kappa shape index (κ1) is 22.7. The summed E-state index contributed by atoms with van der Waals surface area (Å²) >= 11 is 0. The van der Waals surface area contributed by atoms with Crippen LogP contribution in [-0.2, 0) is 24.6 Å². The van der Waals surface area contributed by atoms with E-state index in [1.54, 1.807) is 19.1 Å². The molecule has 0 radical (unpaired) electrons. The van der Waals surface area contributed by atoms with Gasteiger partial charge < -0.3 is 9.47 Å². The maximum atomic E-state index is 13.1. The second-order valence-electron chi connectivity index (χ2n) is 6.83. The number of nitrogens with zero attached hydrogens (tertiary/aromatic N) is 1. The molecule has 1 atom stereocenters. The number of ether oxygens (including phenoxy) is 2. The van der Waals surface area contributed by atoms with Crippen molar-refractivity contribution < 1.29 is 30.7 Å². The van der Waals surface area contributed by atoms with E-state index in [0.717, 1.165) is 0 Å². The molecule has 1 heterocycles. The molecule has 2 aromatic carbocycles. The molecule has 1 unspecified atom stereocenters. The molecule has 10 heteroatoms. The summed E-state index contributed by atoms with van der Waals surface area (Å²) in [5, 5.41) is 0. The highest BCUT2D eigenvalue weighted by Gasteiger charge is 2.31. The Morgan fingerprint density at radius 2 is 1.73 bits per heavy atom. The SMILES string of the molecule is CCS(=O)(=O)CCOc1ccc(S(=O)(=O)N2CCOC(c3ccc(F)cc3)C2)cc1. The first-order valence-corrected chi connectivity index (χ1v) is 12.8. The summed E-state index contributed by atoms with van der Waals surface area (Å²) in [6.45, 7) is 2.15. The third-order valence-electron chi connectivity index (χ3n) is 4.84. The monoisotopic (exact) mass is 457 g/mol. The van der Waals surface area contributed by atoms with Gasteiger partial charge in [0.25, 0.3) is 0 Å². The van der Waals surface area contributed by atoms with E-state index in [0.29, 0.717) is 11.3 Å². The molecule has 164 valence electrons. The van der Waals surface area contributed by atoms with Crippen LogP contribution in [0.1, 0.15) is 18.6 Å². The Morgan fingerprint density at radius 3 is 2.37 bits per heavy atom. The fraction of sp³-hybridized carbons (Fsp3) is 0.400. The van der Waals surface area contributed by atoms with Crippen LogP contribution in [0.25, 0.3) is 0 Å². The molecular weight excluding hydrogens is 433 g/mol. The molecule has 7 nitrogen and oxygen atoms in total. The minimum Gasteiger partial charge on any atom is -0.493 e. The van der Waals surface area contributed by atoms with Gasteiger partial charge in [0.05, 0.1) is 23.4 Å². The topological polar surface area (TPSA) is 90.0 Å². The van der Waals surface area contributed by atoms with E-state index in [4.69, 9.17) is 9.47 Å². The van der Waals surface area contributed by atoms with Crippen LogP contribution in [0.2, 0.25) is 0 Å². The van der Waals surface area contributed by atoms with Gasteiger partial charge >= 0.3 is 0 Å². The van der Waals surface area contributed by atoms with E-state index in [-0.39, 0.29) is 48.5 Å². The predicted octanol–water partition coefficient (Wildman–Crippen LogP) is 2.40. The van der Waals surface area contributed by atoms with Crippen molar-refractivity contribution in [3.63, 3.8) is 0 Å². The van der Waals surface area contributed by atoms with Crippen LogP contribution in [0.4, 0.5) is 4.39 Å². The van der Waals surface area contributed by atoms with Crippen molar-refractivity contribution in [2.24, 2.45) is 0 Å². The standard InChI is InChI=1S/C20H24FNO6S2/c1-2-29(23,24)14-13-27-18-7-9-19(10-8-18)30(25,26)22-11-12-28-20(15-22)16-3-5-17(21)6-4-16/h3-10,20H,2,11-15H2,1H3. The number of hydrogen-bond donors (Lipinski definition) is 0. The van der Waals surface area contributed by atoms with Gasteiger partial charge in [-0.3, -0.25) is 0 Å². The van der Waals surface area contributed by atoms with E-state index < -0.39 is 26.0 Å². The highest BCUT2D eigenvalue weighted by atomic mass is 32.2. The second kappa shape index (κ2) is 9.42. The molecule has 0 saturated carbocycles. The highest BCUT2D eigenvalue weighted by Crippen LogP contribution is 2.27. The third kappa shape index (κ3) is 5.57. The number of sulfonamides is 1. The van der Waals surface area contributed by atoms with E-state index >= 15 is 0 Å². The van der Waals surface area contributed by atoms with Crippen LogP contribution in [0.5, 0.6) is 5.75 Å². The summed E-state index contributed by atoms with van der Waals surface area (Å²) in [5.74, 6) is -0.0197. The van der Waals surface area contributed by atoms with E-state index in [1.165, 1.54) is 40.7 Å². The summed E-state index contributed by atoms with van der Waals surface area (Å²) in [7, 11) is -6.87. The maximum Gasteiger partial charge on any atom is 0.243 e. The van der Waals surface area contributed by atoms with Crippen LogP contribution in [0.15, 0.2) is 53.4 Å². The summed E-state index contributed by atoms with van der Waals surface area (Å²) < 4.78 is 74.6. The lowest BCUT2D eigenvalue weighted by atomic mass is 10.1. The lowest BCUT2D eigenvalue weighted by Crippen LogP contribution is -2.42. The Labute approximate surface area is 176 Å². The molecule has 0 N–H and O–H groups in total. The molecule has 1 aliphatic rings. The number of rotatable bonds is 8. The maximum absolute atomic E-state index is 13.1. The molecule has 30 heavy (non-hydrogen) atoms. The molecule has 1 saturated heterocycles. The zero-order valence-electron chi connectivity index (χ0n) is 16.5. The summed E-state index contributed by atoms with van der Waals surface area (Å²) in [4.78, 5) is 0.107. The minimum atomic E-state index is -3.75. The summed E-state index contributed by atoms with van der Waals surface area (Å²) in [6, 6.07) is 11.7. The van der Waals surface area contributed by atoms with Crippen molar-refractivity contribution in [2.75, 3.05) is 37.8 Å². The van der Waals surface area contributed by atoms with Crippen molar-refractivity contribution >= 4 is 19.9 Å². The van der Waals surface area contributed by atoms with Crippen molar-refractivity contribution in [3.05, 3.63) is 59.9 Å². The quantitative estimate of drug-likeness (QED) is 0.605. The van der Waals surface area contributed by atoms with Gasteiger partial charge in [-0.1, -0.05) is 19.1 Å². The smallest absolute Gasteiger partial charge is 0.243 e. The molecule has 0 spiro atoms. The van der Waals surface area contributed by atoms with Crippen LogP contribution in [-0.4, -0.2) is 58.9 Å². The predicted molar refractivity (Wildman–Crippen MR) is 110 cm³/mol. The molecule has 3 rings (SSSR count). The van der Waals surface area contributed by atoms with Crippen LogP contribution in [0, 0.1) is 5.82 Å². The molecule has 0 aliphatic carbocycles. The Bertz CT molecular complexity index is 1050. The first-order chi connectivity index (χ1) is 14.2. The van der Waals surface area contributed by atoms with Crippen molar-refractivity contribution in [1.82, 2.24) is 4.31 Å². The Hall–Kier alpha value is -2.01. The largest absolute Gasteiger partial charge is 0.493 e. The van der Waals surface area contributed by atoms with Crippen LogP contribution >= 0.6 is 0 Å². The fourth-order valence-electron chi connectivity index (χ4n) is 3.01. The number of halogens is 1. The van der Waals surface area contributed by atoms with Gasteiger partial charge in [0, 0.05) is 18.8 Å². The summed E-state index contributed by atoms with van der Waals surface area (Å²) in [6.07, 6.45) is -0.475. The van der Waals surface area contributed by atoms with Crippen LogP contribution in [0.3, 0.4) is 0 Å². The lowest BCUT2D eigenvalue weighted by Gasteiger charge is -2.32. The number of hydrogen-bond acceptors (Lipinski definition) is 6. The van der Waals surface area contributed by atoms with Gasteiger partial charge in [-0.25, -0.2) is 21.2 Å². The average Bonchev–Trinajstić information content (AvgIpc) is 2.74. The molecule has 1 aliphatic heterocycles. The zero-order valence-corrected chi connectivity index (χ0v) is 18.2. The van der Waals surface area contributed by atoms with Gasteiger partial charge in [-0.05, 0) is 42.0 Å². The van der Waals surface area contributed by atoms with Gasteiger partial charge in [0.15, 0.2) is 9.84 Å². The van der Waals surface area contributed by atoms with Crippen LogP contribution < -0.4 is 4.74 Å². The highest BCUT2D eigenvalue weighted by molar-refractivity contribution is 7.91. The Morgan fingerprint density at radius 1 is 1.07 bits per heavy atom. The number of sulfone groups is 1. The molecule has 0 aromatic heterocycles. The second-order valence-corrected chi connectivity index (χ2v) is 11.2. The summed E-state index contributed by atoms with van der Waals surface area (Å²) in [5.41, 5.74) is 0.710. The zero-order chi connectivity index (χ0) is 21.8. The third-order valence-corrected chi connectivity index (χ3v) is 8.38. The molecule has 0 bridgehead atoms.